The van der Waals surface area contributed by atoms with Crippen LogP contribution in [0.1, 0.15) is 13.3 Å². The van der Waals surface area contributed by atoms with Gasteiger partial charge in [-0.1, -0.05) is 13.0 Å². The van der Waals surface area contributed by atoms with Crippen molar-refractivity contribution in [2.75, 3.05) is 6.54 Å². The Kier molecular flexibility index (Phi) is 2.06. The number of aliphatic carboxylic acids is 1. The van der Waals surface area contributed by atoms with Gasteiger partial charge in [0.2, 0.25) is 0 Å². The third kappa shape index (κ3) is 1.57. The summed E-state index contributed by atoms with van der Waals surface area (Å²) in [4.78, 5) is 10.5. The molecule has 0 aliphatic carbocycles. The van der Waals surface area contributed by atoms with E-state index in [9.17, 15) is 4.79 Å². The van der Waals surface area contributed by atoms with E-state index in [0.717, 1.165) is 13.0 Å². The summed E-state index contributed by atoms with van der Waals surface area (Å²) in [5.41, 5.74) is 0.516. The van der Waals surface area contributed by atoms with Crippen LogP contribution in [0.2, 0.25) is 0 Å². The second-order valence-electron chi connectivity index (χ2n) is 2.33. The summed E-state index contributed by atoms with van der Waals surface area (Å²) in [6, 6.07) is 0.123. The van der Waals surface area contributed by atoms with Crippen LogP contribution in [0.15, 0.2) is 11.6 Å². The van der Waals surface area contributed by atoms with E-state index in [1.165, 1.54) is 0 Å². The van der Waals surface area contributed by atoms with Gasteiger partial charge in [0.25, 0.3) is 0 Å². The Labute approximate surface area is 59.7 Å². The summed E-state index contributed by atoms with van der Waals surface area (Å²) in [6.07, 6.45) is 2.55. The molecule has 3 heteroatoms. The van der Waals surface area contributed by atoms with E-state index in [4.69, 9.17) is 5.11 Å². The summed E-state index contributed by atoms with van der Waals surface area (Å²) < 4.78 is 0. The van der Waals surface area contributed by atoms with Gasteiger partial charge in [-0.2, -0.15) is 0 Å². The lowest BCUT2D eigenvalue weighted by Gasteiger charge is -1.94. The summed E-state index contributed by atoms with van der Waals surface area (Å²) in [5, 5.41) is 11.6. The van der Waals surface area contributed by atoms with E-state index >= 15 is 0 Å². The zero-order valence-electron chi connectivity index (χ0n) is 5.92. The van der Waals surface area contributed by atoms with Crippen LogP contribution in [0, 0.1) is 0 Å². The largest absolute Gasteiger partial charge is 0.478 e. The molecular weight excluding hydrogens is 130 g/mol. The highest BCUT2D eigenvalue weighted by molar-refractivity contribution is 5.88. The van der Waals surface area contributed by atoms with E-state index in [1.807, 2.05) is 6.92 Å². The Morgan fingerprint density at radius 3 is 2.80 bits per heavy atom. The molecule has 0 spiro atoms. The molecule has 1 rings (SSSR count). The maximum Gasteiger partial charge on any atom is 0.332 e. The van der Waals surface area contributed by atoms with E-state index in [2.05, 4.69) is 5.32 Å². The molecule has 0 aromatic carbocycles. The van der Waals surface area contributed by atoms with Crippen LogP contribution in [0.25, 0.3) is 0 Å². The predicted octanol–water partition coefficient (Wildman–Crippen LogP) is 0.379. The minimum Gasteiger partial charge on any atom is -0.478 e. The number of allylic oxidation sites excluding steroid dienone is 1. The molecule has 0 saturated carbocycles. The highest BCUT2D eigenvalue weighted by Crippen LogP contribution is 2.11. The third-order valence-electron chi connectivity index (χ3n) is 1.45. The number of nitrogens with one attached hydrogen (secondary N) is 1. The molecule has 1 atom stereocenters. The van der Waals surface area contributed by atoms with Gasteiger partial charge in [0.05, 0.1) is 11.6 Å². The fourth-order valence-electron chi connectivity index (χ4n) is 0.877. The van der Waals surface area contributed by atoms with Crippen molar-refractivity contribution in [1.82, 2.24) is 5.32 Å². The number of carboxylic acids is 1. The average Bonchev–Trinajstić information content (AvgIpc) is 2.63. The van der Waals surface area contributed by atoms with Gasteiger partial charge in [-0.25, -0.2) is 4.79 Å². The lowest BCUT2D eigenvalue weighted by atomic mass is 10.1. The van der Waals surface area contributed by atoms with Crippen LogP contribution in [0.5, 0.6) is 0 Å². The zero-order valence-corrected chi connectivity index (χ0v) is 5.92. The van der Waals surface area contributed by atoms with Crippen molar-refractivity contribution in [3.8, 4) is 0 Å². The molecule has 1 aliphatic rings. The molecule has 1 heterocycles. The average molecular weight is 141 g/mol. The van der Waals surface area contributed by atoms with E-state index in [0.29, 0.717) is 5.57 Å². The Bertz CT molecular complexity index is 170. The molecule has 1 unspecified atom stereocenters. The van der Waals surface area contributed by atoms with Crippen molar-refractivity contribution >= 4 is 5.97 Å². The van der Waals surface area contributed by atoms with Crippen LogP contribution < -0.4 is 5.32 Å². The van der Waals surface area contributed by atoms with Crippen LogP contribution >= 0.6 is 0 Å². The van der Waals surface area contributed by atoms with Crippen LogP contribution in [0.3, 0.4) is 0 Å². The molecular formula is C7H11NO2. The molecule has 1 saturated heterocycles. The monoisotopic (exact) mass is 141 g/mol. The molecule has 0 aromatic rings. The van der Waals surface area contributed by atoms with Crippen molar-refractivity contribution in [1.29, 1.82) is 0 Å². The molecule has 10 heavy (non-hydrogen) atoms. The van der Waals surface area contributed by atoms with Gasteiger partial charge in [0.15, 0.2) is 0 Å². The summed E-state index contributed by atoms with van der Waals surface area (Å²) in [5.74, 6) is -0.795. The number of hydrogen-bond acceptors (Lipinski definition) is 2. The minimum atomic E-state index is -0.795. The number of carboxylic acid groups (broad SMARTS) is 1. The van der Waals surface area contributed by atoms with Gasteiger partial charge in [-0.05, 0) is 6.42 Å². The Hall–Kier alpha value is -0.830. The number of rotatable bonds is 3. The lowest BCUT2D eigenvalue weighted by Crippen LogP contribution is -2.08. The van der Waals surface area contributed by atoms with Gasteiger partial charge in [-0.3, -0.25) is 0 Å². The molecule has 3 nitrogen and oxygen atoms in total. The first-order valence-electron chi connectivity index (χ1n) is 3.42. The van der Waals surface area contributed by atoms with Gasteiger partial charge in [0, 0.05) is 6.54 Å². The highest BCUT2D eigenvalue weighted by atomic mass is 16.4. The van der Waals surface area contributed by atoms with Crippen LogP contribution in [0.4, 0.5) is 0 Å². The predicted molar refractivity (Wildman–Crippen MR) is 37.8 cm³/mol. The molecule has 0 bridgehead atoms. The minimum absolute atomic E-state index is 0.123. The SMILES string of the molecule is CC/C=C(\C(=O)O)C1CN1. The maximum atomic E-state index is 10.5. The quantitative estimate of drug-likeness (QED) is 0.441. The van der Waals surface area contributed by atoms with E-state index < -0.39 is 5.97 Å². The second-order valence-corrected chi connectivity index (χ2v) is 2.33. The van der Waals surface area contributed by atoms with Crippen LogP contribution in [-0.4, -0.2) is 23.7 Å². The Morgan fingerprint density at radius 2 is 2.50 bits per heavy atom. The molecule has 1 fully saturated rings. The van der Waals surface area contributed by atoms with Crippen LogP contribution in [-0.2, 0) is 4.79 Å². The van der Waals surface area contributed by atoms with Gasteiger partial charge < -0.3 is 10.4 Å². The number of hydrogen-bond donors (Lipinski definition) is 2. The first kappa shape index (κ1) is 7.28. The Balaban J connectivity index is 2.58. The molecule has 1 aliphatic heterocycles. The fraction of sp³-hybridized carbons (Fsp3) is 0.571. The zero-order chi connectivity index (χ0) is 7.56. The molecule has 0 amide bonds. The van der Waals surface area contributed by atoms with Gasteiger partial charge in [0.1, 0.15) is 0 Å². The molecule has 56 valence electrons. The maximum absolute atomic E-state index is 10.5. The highest BCUT2D eigenvalue weighted by Gasteiger charge is 2.28. The van der Waals surface area contributed by atoms with Crippen molar-refractivity contribution in [2.24, 2.45) is 0 Å². The van der Waals surface area contributed by atoms with Gasteiger partial charge in [-0.15, -0.1) is 0 Å². The lowest BCUT2D eigenvalue weighted by molar-refractivity contribution is -0.132. The van der Waals surface area contributed by atoms with Crippen molar-refractivity contribution in [3.63, 3.8) is 0 Å². The van der Waals surface area contributed by atoms with Crippen molar-refractivity contribution in [2.45, 2.75) is 19.4 Å². The summed E-state index contributed by atoms with van der Waals surface area (Å²) in [7, 11) is 0. The molecule has 0 aromatic heterocycles. The number of carbonyl (C=O) groups is 1. The van der Waals surface area contributed by atoms with Crippen molar-refractivity contribution < 1.29 is 9.90 Å². The smallest absolute Gasteiger partial charge is 0.332 e. The van der Waals surface area contributed by atoms with E-state index in [1.54, 1.807) is 6.08 Å². The van der Waals surface area contributed by atoms with Gasteiger partial charge >= 0.3 is 5.97 Å². The molecule has 0 radical (unpaired) electrons. The normalized spacial score (nSPS) is 24.5. The second kappa shape index (κ2) is 2.84. The first-order chi connectivity index (χ1) is 4.75. The standard InChI is InChI=1S/C7H11NO2/c1-2-3-5(7(9)10)6-4-8-6/h3,6,8H,2,4H2,1H3,(H,9,10)/b5-3-. The first-order valence-corrected chi connectivity index (χ1v) is 3.42. The fourth-order valence-corrected chi connectivity index (χ4v) is 0.877. The van der Waals surface area contributed by atoms with Crippen molar-refractivity contribution in [3.05, 3.63) is 11.6 Å². The Morgan fingerprint density at radius 1 is 1.90 bits per heavy atom. The molecule has 2 N–H and O–H groups in total. The summed E-state index contributed by atoms with van der Waals surface area (Å²) >= 11 is 0. The topological polar surface area (TPSA) is 59.2 Å². The van der Waals surface area contributed by atoms with E-state index in [-0.39, 0.29) is 6.04 Å². The summed E-state index contributed by atoms with van der Waals surface area (Å²) in [6.45, 7) is 2.75. The third-order valence-corrected chi connectivity index (χ3v) is 1.45.